The minimum atomic E-state index is -3.76. The molecule has 0 unspecified atom stereocenters. The van der Waals surface area contributed by atoms with Crippen LogP contribution >= 0.6 is 11.3 Å². The van der Waals surface area contributed by atoms with Crippen molar-refractivity contribution in [1.29, 1.82) is 5.26 Å². The summed E-state index contributed by atoms with van der Waals surface area (Å²) in [4.78, 5) is 13.1. The van der Waals surface area contributed by atoms with Crippen molar-refractivity contribution in [3.05, 3.63) is 52.2 Å². The minimum Gasteiger partial charge on any atom is -0.355 e. The molecular weight excluding hydrogens is 346 g/mol. The first-order valence-corrected chi connectivity index (χ1v) is 9.51. The SMILES string of the molecule is CN(CC(=O)NCCc1cccs1)S(=O)(=O)c1ccc(C#N)cc1. The zero-order valence-electron chi connectivity index (χ0n) is 13.1. The van der Waals surface area contributed by atoms with Crippen LogP contribution in [-0.4, -0.2) is 38.8 Å². The number of thiophene rings is 1. The monoisotopic (exact) mass is 363 g/mol. The summed E-state index contributed by atoms with van der Waals surface area (Å²) in [7, 11) is -2.41. The molecule has 6 nitrogen and oxygen atoms in total. The van der Waals surface area contributed by atoms with Crippen LogP contribution in [0.2, 0.25) is 0 Å². The van der Waals surface area contributed by atoms with E-state index in [1.807, 2.05) is 23.6 Å². The van der Waals surface area contributed by atoms with Crippen molar-refractivity contribution in [1.82, 2.24) is 9.62 Å². The highest BCUT2D eigenvalue weighted by Gasteiger charge is 2.22. The third-order valence-corrected chi connectivity index (χ3v) is 6.09. The van der Waals surface area contributed by atoms with Gasteiger partial charge in [-0.25, -0.2) is 8.42 Å². The van der Waals surface area contributed by atoms with Crippen LogP contribution in [0.25, 0.3) is 0 Å². The summed E-state index contributed by atoms with van der Waals surface area (Å²) in [5.74, 6) is -0.355. The van der Waals surface area contributed by atoms with E-state index in [9.17, 15) is 13.2 Å². The number of benzene rings is 1. The highest BCUT2D eigenvalue weighted by molar-refractivity contribution is 7.89. The topological polar surface area (TPSA) is 90.3 Å². The molecule has 0 spiro atoms. The predicted octanol–water partition coefficient (Wildman–Crippen LogP) is 1.60. The largest absolute Gasteiger partial charge is 0.355 e. The molecule has 1 amide bonds. The lowest BCUT2D eigenvalue weighted by Crippen LogP contribution is -2.38. The first-order chi connectivity index (χ1) is 11.4. The maximum Gasteiger partial charge on any atom is 0.243 e. The smallest absolute Gasteiger partial charge is 0.243 e. The number of amides is 1. The molecule has 1 aromatic carbocycles. The van der Waals surface area contributed by atoms with Gasteiger partial charge < -0.3 is 5.32 Å². The zero-order valence-corrected chi connectivity index (χ0v) is 14.7. The lowest BCUT2D eigenvalue weighted by Gasteiger charge is -2.16. The van der Waals surface area contributed by atoms with Gasteiger partial charge >= 0.3 is 0 Å². The van der Waals surface area contributed by atoms with Gasteiger partial charge in [0.05, 0.1) is 23.1 Å². The fourth-order valence-electron chi connectivity index (χ4n) is 2.00. The summed E-state index contributed by atoms with van der Waals surface area (Å²) in [6.45, 7) is 0.205. The number of rotatable bonds is 7. The van der Waals surface area contributed by atoms with Gasteiger partial charge in [0, 0.05) is 18.5 Å². The molecule has 8 heteroatoms. The first-order valence-electron chi connectivity index (χ1n) is 7.19. The van der Waals surface area contributed by atoms with Crippen LogP contribution in [0.15, 0.2) is 46.7 Å². The fraction of sp³-hybridized carbons (Fsp3) is 0.250. The third kappa shape index (κ3) is 4.64. The number of likely N-dealkylation sites (N-methyl/N-ethyl adjacent to an activating group) is 1. The summed E-state index contributed by atoms with van der Waals surface area (Å²) in [6, 6.07) is 11.4. The molecule has 0 aliphatic heterocycles. The van der Waals surface area contributed by atoms with Crippen LogP contribution in [-0.2, 0) is 21.2 Å². The Morgan fingerprint density at radius 2 is 2.00 bits per heavy atom. The second-order valence-electron chi connectivity index (χ2n) is 5.08. The third-order valence-electron chi connectivity index (χ3n) is 3.33. The number of hydrogen-bond acceptors (Lipinski definition) is 5. The second-order valence-corrected chi connectivity index (χ2v) is 8.15. The Morgan fingerprint density at radius 3 is 2.58 bits per heavy atom. The highest BCUT2D eigenvalue weighted by Crippen LogP contribution is 2.14. The van der Waals surface area contributed by atoms with E-state index in [2.05, 4.69) is 5.32 Å². The Hall–Kier alpha value is -2.21. The Kier molecular flexibility index (Phi) is 6.09. The molecular formula is C16H17N3O3S2. The van der Waals surface area contributed by atoms with E-state index in [4.69, 9.17) is 5.26 Å². The first kappa shape index (κ1) is 18.1. The van der Waals surface area contributed by atoms with Crippen LogP contribution < -0.4 is 5.32 Å². The van der Waals surface area contributed by atoms with Gasteiger partial charge in [0.2, 0.25) is 15.9 Å². The molecule has 1 N–H and O–H groups in total. The Morgan fingerprint density at radius 1 is 1.29 bits per heavy atom. The van der Waals surface area contributed by atoms with E-state index in [-0.39, 0.29) is 17.3 Å². The average molecular weight is 363 g/mol. The van der Waals surface area contributed by atoms with Crippen molar-refractivity contribution in [2.75, 3.05) is 20.1 Å². The van der Waals surface area contributed by atoms with Crippen molar-refractivity contribution in [2.24, 2.45) is 0 Å². The maximum atomic E-state index is 12.4. The van der Waals surface area contributed by atoms with Crippen molar-refractivity contribution < 1.29 is 13.2 Å². The van der Waals surface area contributed by atoms with Crippen LogP contribution in [0.3, 0.4) is 0 Å². The van der Waals surface area contributed by atoms with Crippen molar-refractivity contribution >= 4 is 27.3 Å². The second kappa shape index (κ2) is 8.06. The molecule has 1 aromatic heterocycles. The molecule has 2 rings (SSSR count). The van der Waals surface area contributed by atoms with Gasteiger partial charge in [0.1, 0.15) is 0 Å². The van der Waals surface area contributed by atoms with Crippen molar-refractivity contribution in [3.63, 3.8) is 0 Å². The fourth-order valence-corrected chi connectivity index (χ4v) is 3.84. The standard InChI is InChI=1S/C16H17N3O3S2/c1-19(12-16(20)18-9-8-14-3-2-10-23-14)24(21,22)15-6-4-13(11-17)5-7-15/h2-7,10H,8-9,12H2,1H3,(H,18,20). The predicted molar refractivity (Wildman–Crippen MR) is 92.0 cm³/mol. The molecule has 24 heavy (non-hydrogen) atoms. The van der Waals surface area contributed by atoms with E-state index in [1.165, 1.54) is 31.3 Å². The normalized spacial score (nSPS) is 11.2. The molecule has 0 fully saturated rings. The van der Waals surface area contributed by atoms with Gasteiger partial charge in [0.15, 0.2) is 0 Å². The number of sulfonamides is 1. The molecule has 0 radical (unpaired) electrons. The van der Waals surface area contributed by atoms with E-state index in [0.29, 0.717) is 12.1 Å². The number of nitrogens with zero attached hydrogens (tertiary/aromatic N) is 2. The summed E-state index contributed by atoms with van der Waals surface area (Å²) in [5, 5.41) is 13.4. The number of hydrogen-bond donors (Lipinski definition) is 1. The molecule has 2 aromatic rings. The van der Waals surface area contributed by atoms with Gasteiger partial charge in [-0.15, -0.1) is 11.3 Å². The molecule has 0 saturated carbocycles. The average Bonchev–Trinajstić information content (AvgIpc) is 3.08. The van der Waals surface area contributed by atoms with Gasteiger partial charge in [-0.3, -0.25) is 4.79 Å². The van der Waals surface area contributed by atoms with E-state index < -0.39 is 10.0 Å². The van der Waals surface area contributed by atoms with Crippen molar-refractivity contribution in [2.45, 2.75) is 11.3 Å². The van der Waals surface area contributed by atoms with Crippen LogP contribution in [0.4, 0.5) is 0 Å². The summed E-state index contributed by atoms with van der Waals surface area (Å²) >= 11 is 1.61. The van der Waals surface area contributed by atoms with Crippen LogP contribution in [0.1, 0.15) is 10.4 Å². The Balaban J connectivity index is 1.90. The molecule has 0 aliphatic rings. The molecule has 0 atom stereocenters. The molecule has 0 aliphatic carbocycles. The Labute approximate surface area is 145 Å². The lowest BCUT2D eigenvalue weighted by atomic mass is 10.2. The van der Waals surface area contributed by atoms with Crippen molar-refractivity contribution in [3.8, 4) is 6.07 Å². The van der Waals surface area contributed by atoms with Gasteiger partial charge in [-0.1, -0.05) is 6.07 Å². The minimum absolute atomic E-state index is 0.0513. The number of nitrogens with one attached hydrogen (secondary N) is 1. The van der Waals surface area contributed by atoms with E-state index >= 15 is 0 Å². The molecule has 0 saturated heterocycles. The lowest BCUT2D eigenvalue weighted by molar-refractivity contribution is -0.121. The van der Waals surface area contributed by atoms with E-state index in [1.54, 1.807) is 11.3 Å². The van der Waals surface area contributed by atoms with E-state index in [0.717, 1.165) is 15.6 Å². The molecule has 126 valence electrons. The number of nitriles is 1. The Bertz CT molecular complexity index is 822. The van der Waals surface area contributed by atoms with Gasteiger partial charge in [-0.05, 0) is 42.1 Å². The van der Waals surface area contributed by atoms with Crippen LogP contribution in [0, 0.1) is 11.3 Å². The quantitative estimate of drug-likeness (QED) is 0.809. The van der Waals surface area contributed by atoms with Gasteiger partial charge in [-0.2, -0.15) is 9.57 Å². The molecule has 0 bridgehead atoms. The highest BCUT2D eigenvalue weighted by atomic mass is 32.2. The number of carbonyl (C=O) groups excluding carboxylic acids is 1. The summed E-state index contributed by atoms with van der Waals surface area (Å²) < 4.78 is 25.8. The summed E-state index contributed by atoms with van der Waals surface area (Å²) in [6.07, 6.45) is 0.718. The van der Waals surface area contributed by atoms with Crippen LogP contribution in [0.5, 0.6) is 0 Å². The number of carbonyl (C=O) groups is 1. The molecule has 1 heterocycles. The summed E-state index contributed by atoms with van der Waals surface area (Å²) in [5.41, 5.74) is 0.378. The van der Waals surface area contributed by atoms with Gasteiger partial charge in [0.25, 0.3) is 0 Å². The zero-order chi connectivity index (χ0) is 17.6. The maximum absolute atomic E-state index is 12.4.